The van der Waals surface area contributed by atoms with Gasteiger partial charge >= 0.3 is 0 Å². The summed E-state index contributed by atoms with van der Waals surface area (Å²) in [6, 6.07) is 0. The van der Waals surface area contributed by atoms with Crippen molar-refractivity contribution in [2.24, 2.45) is 35.0 Å². The van der Waals surface area contributed by atoms with Crippen molar-refractivity contribution in [1.82, 2.24) is 0 Å². The molecule has 6 atom stereocenters. The molecule has 12 heavy (non-hydrogen) atoms. The molecule has 6 unspecified atom stereocenters. The lowest BCUT2D eigenvalue weighted by atomic mass is 9.69. The molecule has 2 aliphatic rings. The standard InChI is InChI=1S/C12H22/c1-7-6-12(5)9(3)8(2)11(7)10(12)4/h7-11H,6H2,1-5H3. The fourth-order valence-corrected chi connectivity index (χ4v) is 4.46. The summed E-state index contributed by atoms with van der Waals surface area (Å²) in [6.07, 6.45) is 1.48. The zero-order valence-corrected chi connectivity index (χ0v) is 9.09. The second-order valence-corrected chi connectivity index (χ2v) is 5.70. The van der Waals surface area contributed by atoms with Crippen LogP contribution in [-0.2, 0) is 0 Å². The molecule has 0 spiro atoms. The quantitative estimate of drug-likeness (QED) is 0.516. The SMILES string of the molecule is CC1CC2(C)C(C)C(C)C1C2C. The second-order valence-electron chi connectivity index (χ2n) is 5.70. The highest BCUT2D eigenvalue weighted by atomic mass is 14.6. The van der Waals surface area contributed by atoms with E-state index in [1.807, 2.05) is 0 Å². The van der Waals surface area contributed by atoms with Crippen molar-refractivity contribution in [2.75, 3.05) is 0 Å². The number of fused-ring (bicyclic) bond motifs is 2. The van der Waals surface area contributed by atoms with E-state index in [2.05, 4.69) is 34.6 Å². The van der Waals surface area contributed by atoms with Gasteiger partial charge in [0.25, 0.3) is 0 Å². The Morgan fingerprint density at radius 3 is 1.92 bits per heavy atom. The molecule has 2 rings (SSSR count). The molecular formula is C12H22. The van der Waals surface area contributed by atoms with Crippen LogP contribution in [0.5, 0.6) is 0 Å². The largest absolute Gasteiger partial charge is 0.0622 e. The number of hydrogen-bond donors (Lipinski definition) is 0. The Labute approximate surface area is 76.7 Å². The average molecular weight is 166 g/mol. The Hall–Kier alpha value is 0. The molecule has 0 saturated heterocycles. The third-order valence-electron chi connectivity index (χ3n) is 5.47. The number of hydrogen-bond acceptors (Lipinski definition) is 0. The zero-order valence-electron chi connectivity index (χ0n) is 9.09. The molecule has 0 amide bonds. The van der Waals surface area contributed by atoms with Gasteiger partial charge in [-0.2, -0.15) is 0 Å². The third kappa shape index (κ3) is 0.744. The van der Waals surface area contributed by atoms with Gasteiger partial charge in [-0.05, 0) is 41.4 Å². The topological polar surface area (TPSA) is 0 Å². The molecule has 2 fully saturated rings. The summed E-state index contributed by atoms with van der Waals surface area (Å²) in [4.78, 5) is 0. The lowest BCUT2D eigenvalue weighted by Crippen LogP contribution is -2.28. The maximum Gasteiger partial charge on any atom is -0.0266 e. The minimum Gasteiger partial charge on any atom is -0.0622 e. The smallest absolute Gasteiger partial charge is 0.0266 e. The molecule has 0 nitrogen and oxygen atoms in total. The first-order chi connectivity index (χ1) is 5.48. The van der Waals surface area contributed by atoms with Crippen molar-refractivity contribution in [3.05, 3.63) is 0 Å². The monoisotopic (exact) mass is 166 g/mol. The van der Waals surface area contributed by atoms with Crippen LogP contribution in [0, 0.1) is 35.0 Å². The van der Waals surface area contributed by atoms with Crippen molar-refractivity contribution in [1.29, 1.82) is 0 Å². The van der Waals surface area contributed by atoms with E-state index in [1.165, 1.54) is 6.42 Å². The average Bonchev–Trinajstić information content (AvgIpc) is 2.28. The predicted molar refractivity (Wildman–Crippen MR) is 52.9 cm³/mol. The Morgan fingerprint density at radius 1 is 1.00 bits per heavy atom. The highest BCUT2D eigenvalue weighted by Crippen LogP contribution is 2.65. The highest BCUT2D eigenvalue weighted by Gasteiger charge is 2.59. The molecule has 0 aromatic rings. The fourth-order valence-electron chi connectivity index (χ4n) is 4.46. The van der Waals surface area contributed by atoms with Gasteiger partial charge in [-0.3, -0.25) is 0 Å². The van der Waals surface area contributed by atoms with Gasteiger partial charge in [-0.1, -0.05) is 34.6 Å². The van der Waals surface area contributed by atoms with E-state index in [4.69, 9.17) is 0 Å². The van der Waals surface area contributed by atoms with Gasteiger partial charge in [0.05, 0.1) is 0 Å². The van der Waals surface area contributed by atoms with Crippen LogP contribution in [0.15, 0.2) is 0 Å². The van der Waals surface area contributed by atoms with Gasteiger partial charge in [-0.25, -0.2) is 0 Å². The molecule has 0 aliphatic heterocycles. The Bertz CT molecular complexity index is 196. The molecule has 2 saturated carbocycles. The molecule has 0 heteroatoms. The van der Waals surface area contributed by atoms with Gasteiger partial charge in [0.2, 0.25) is 0 Å². The fraction of sp³-hybridized carbons (Fsp3) is 1.00. The van der Waals surface area contributed by atoms with E-state index in [0.29, 0.717) is 5.41 Å². The van der Waals surface area contributed by atoms with E-state index in [-0.39, 0.29) is 0 Å². The highest BCUT2D eigenvalue weighted by molar-refractivity contribution is 5.07. The predicted octanol–water partition coefficient (Wildman–Crippen LogP) is 3.57. The second kappa shape index (κ2) is 2.27. The molecular weight excluding hydrogens is 144 g/mol. The summed E-state index contributed by atoms with van der Waals surface area (Å²) in [5.41, 5.74) is 0.670. The first kappa shape index (κ1) is 8.59. The van der Waals surface area contributed by atoms with Crippen molar-refractivity contribution in [3.63, 3.8) is 0 Å². The van der Waals surface area contributed by atoms with E-state index in [9.17, 15) is 0 Å². The van der Waals surface area contributed by atoms with Crippen LogP contribution in [0.3, 0.4) is 0 Å². The lowest BCUT2D eigenvalue weighted by Gasteiger charge is -2.36. The molecule has 0 aromatic carbocycles. The molecule has 70 valence electrons. The van der Waals surface area contributed by atoms with Crippen LogP contribution in [0.25, 0.3) is 0 Å². The lowest BCUT2D eigenvalue weighted by molar-refractivity contribution is 0.132. The normalized spacial score (nSPS) is 64.2. The summed E-state index contributed by atoms with van der Waals surface area (Å²) in [5.74, 6) is 4.89. The van der Waals surface area contributed by atoms with Crippen molar-refractivity contribution >= 4 is 0 Å². The third-order valence-corrected chi connectivity index (χ3v) is 5.47. The molecule has 0 heterocycles. The molecule has 0 aromatic heterocycles. The molecule has 0 N–H and O–H groups in total. The molecule has 0 radical (unpaired) electrons. The van der Waals surface area contributed by atoms with Crippen LogP contribution < -0.4 is 0 Å². The summed E-state index contributed by atoms with van der Waals surface area (Å²) in [7, 11) is 0. The van der Waals surface area contributed by atoms with Crippen molar-refractivity contribution in [2.45, 2.75) is 41.0 Å². The first-order valence-electron chi connectivity index (χ1n) is 5.48. The first-order valence-corrected chi connectivity index (χ1v) is 5.48. The summed E-state index contributed by atoms with van der Waals surface area (Å²) in [6.45, 7) is 12.4. The van der Waals surface area contributed by atoms with Crippen molar-refractivity contribution < 1.29 is 0 Å². The van der Waals surface area contributed by atoms with Crippen LogP contribution in [0.2, 0.25) is 0 Å². The molecule has 2 aliphatic carbocycles. The van der Waals surface area contributed by atoms with Crippen LogP contribution >= 0.6 is 0 Å². The maximum atomic E-state index is 2.52. The van der Waals surface area contributed by atoms with Gasteiger partial charge in [0.15, 0.2) is 0 Å². The number of rotatable bonds is 0. The Balaban J connectivity index is 2.35. The summed E-state index contributed by atoms with van der Waals surface area (Å²) in [5, 5.41) is 0. The van der Waals surface area contributed by atoms with E-state index < -0.39 is 0 Å². The van der Waals surface area contributed by atoms with Crippen molar-refractivity contribution in [3.8, 4) is 0 Å². The Morgan fingerprint density at radius 2 is 1.58 bits per heavy atom. The van der Waals surface area contributed by atoms with Gasteiger partial charge in [0.1, 0.15) is 0 Å². The Kier molecular flexibility index (Phi) is 1.63. The van der Waals surface area contributed by atoms with Gasteiger partial charge in [0, 0.05) is 0 Å². The van der Waals surface area contributed by atoms with Gasteiger partial charge < -0.3 is 0 Å². The minimum absolute atomic E-state index is 0.670. The van der Waals surface area contributed by atoms with Crippen LogP contribution in [0.1, 0.15) is 41.0 Å². The zero-order chi connectivity index (χ0) is 9.09. The summed E-state index contributed by atoms with van der Waals surface area (Å²) >= 11 is 0. The maximum absolute atomic E-state index is 2.52. The van der Waals surface area contributed by atoms with E-state index in [1.54, 1.807) is 0 Å². The molecule has 2 bridgehead atoms. The van der Waals surface area contributed by atoms with E-state index in [0.717, 1.165) is 29.6 Å². The van der Waals surface area contributed by atoms with Crippen LogP contribution in [-0.4, -0.2) is 0 Å². The minimum atomic E-state index is 0.670. The van der Waals surface area contributed by atoms with Gasteiger partial charge in [-0.15, -0.1) is 0 Å². The van der Waals surface area contributed by atoms with Crippen LogP contribution in [0.4, 0.5) is 0 Å². The summed E-state index contributed by atoms with van der Waals surface area (Å²) < 4.78 is 0. The van der Waals surface area contributed by atoms with E-state index >= 15 is 0 Å².